The maximum atomic E-state index is 13.1. The third-order valence-corrected chi connectivity index (χ3v) is 6.26. The number of amides is 1. The van der Waals surface area contributed by atoms with Crippen LogP contribution < -0.4 is 9.47 Å². The van der Waals surface area contributed by atoms with E-state index in [9.17, 15) is 13.2 Å². The minimum absolute atomic E-state index is 0.0443. The van der Waals surface area contributed by atoms with Crippen molar-refractivity contribution in [3.8, 4) is 11.5 Å². The van der Waals surface area contributed by atoms with Gasteiger partial charge in [0.15, 0.2) is 21.3 Å². The second-order valence-corrected chi connectivity index (χ2v) is 9.88. The second-order valence-electron chi connectivity index (χ2n) is 7.25. The average Bonchev–Trinajstić information content (AvgIpc) is 2.91. The third kappa shape index (κ3) is 5.27. The highest BCUT2D eigenvalue weighted by molar-refractivity contribution is 7.91. The van der Waals surface area contributed by atoms with E-state index in [-0.39, 0.29) is 22.4 Å². The van der Waals surface area contributed by atoms with E-state index >= 15 is 0 Å². The quantitative estimate of drug-likeness (QED) is 0.633. The van der Waals surface area contributed by atoms with Gasteiger partial charge >= 0.3 is 0 Å². The van der Waals surface area contributed by atoms with Crippen molar-refractivity contribution in [1.82, 2.24) is 10.0 Å². The molecule has 9 heteroatoms. The van der Waals surface area contributed by atoms with Gasteiger partial charge in [-0.1, -0.05) is 25.4 Å². The van der Waals surface area contributed by atoms with Crippen LogP contribution in [0.4, 0.5) is 0 Å². The molecule has 1 saturated heterocycles. The zero-order chi connectivity index (χ0) is 20.4. The lowest BCUT2D eigenvalue weighted by molar-refractivity contribution is 0.000979. The van der Waals surface area contributed by atoms with Gasteiger partial charge in [0.05, 0.1) is 36.3 Å². The number of carbonyl (C=O) groups excluding carboxylic acids is 1. The minimum Gasteiger partial charge on any atom is -0.493 e. The highest BCUT2D eigenvalue weighted by atomic mass is 35.5. The Bertz CT molecular complexity index is 795. The number of benzene rings is 1. The Kier molecular flexibility index (Phi) is 6.99. The molecule has 152 valence electrons. The molecular formula is C18H27ClN2O5S. The van der Waals surface area contributed by atoms with Crippen LogP contribution in [0.25, 0.3) is 0 Å². The fourth-order valence-electron chi connectivity index (χ4n) is 3.01. The lowest BCUT2D eigenvalue weighted by Gasteiger charge is -2.34. The van der Waals surface area contributed by atoms with Crippen LogP contribution in [-0.4, -0.2) is 69.7 Å². The van der Waals surface area contributed by atoms with Crippen LogP contribution in [0, 0.1) is 5.92 Å². The topological polar surface area (TPSA) is 76.2 Å². The molecule has 0 saturated carbocycles. The summed E-state index contributed by atoms with van der Waals surface area (Å²) in [7, 11) is 1.78. The molecule has 0 bridgehead atoms. The summed E-state index contributed by atoms with van der Waals surface area (Å²) in [5.74, 6) is 0.769. The van der Waals surface area contributed by atoms with Gasteiger partial charge in [-0.15, -0.1) is 0 Å². The van der Waals surface area contributed by atoms with Gasteiger partial charge in [0.2, 0.25) is 0 Å². The molecule has 0 N–H and O–H groups in total. The summed E-state index contributed by atoms with van der Waals surface area (Å²) in [4.78, 5) is 13.1. The Hall–Kier alpha value is -1.51. The van der Waals surface area contributed by atoms with Crippen molar-refractivity contribution in [1.29, 1.82) is 0 Å². The van der Waals surface area contributed by atoms with Gasteiger partial charge in [0.1, 0.15) is 0 Å². The number of halogens is 1. The van der Waals surface area contributed by atoms with Gasteiger partial charge in [0.25, 0.3) is 5.91 Å². The third-order valence-electron chi connectivity index (χ3n) is 4.23. The molecule has 1 aliphatic rings. The number of sulfone groups is 1. The number of rotatable bonds is 7. The summed E-state index contributed by atoms with van der Waals surface area (Å²) in [6, 6.07) is 2.70. The minimum atomic E-state index is -3.12. The van der Waals surface area contributed by atoms with Crippen molar-refractivity contribution in [2.24, 2.45) is 5.92 Å². The number of hydrazine groups is 1. The Morgan fingerprint density at radius 2 is 2.00 bits per heavy atom. The van der Waals surface area contributed by atoms with E-state index in [4.69, 9.17) is 21.1 Å². The predicted octanol–water partition coefficient (Wildman–Crippen LogP) is 2.49. The zero-order valence-electron chi connectivity index (χ0n) is 16.4. The molecule has 1 amide bonds. The summed E-state index contributed by atoms with van der Waals surface area (Å²) in [5, 5.41) is 3.35. The highest BCUT2D eigenvalue weighted by Crippen LogP contribution is 2.37. The molecule has 1 heterocycles. The van der Waals surface area contributed by atoms with Crippen LogP contribution in [0.5, 0.6) is 11.5 Å². The van der Waals surface area contributed by atoms with E-state index in [1.165, 1.54) is 18.2 Å². The Morgan fingerprint density at radius 1 is 1.33 bits per heavy atom. The molecule has 1 fully saturated rings. The summed E-state index contributed by atoms with van der Waals surface area (Å²) < 4.78 is 34.8. The van der Waals surface area contributed by atoms with Crippen LogP contribution in [-0.2, 0) is 9.84 Å². The van der Waals surface area contributed by atoms with Crippen molar-refractivity contribution in [2.45, 2.75) is 26.3 Å². The molecule has 7 nitrogen and oxygen atoms in total. The molecule has 1 aromatic carbocycles. The molecule has 0 radical (unpaired) electrons. The van der Waals surface area contributed by atoms with Crippen LogP contribution >= 0.6 is 11.6 Å². The van der Waals surface area contributed by atoms with Gasteiger partial charge in [-0.3, -0.25) is 9.80 Å². The monoisotopic (exact) mass is 418 g/mol. The molecule has 1 unspecified atom stereocenters. The van der Waals surface area contributed by atoms with E-state index in [1.807, 2.05) is 13.8 Å². The van der Waals surface area contributed by atoms with E-state index < -0.39 is 15.9 Å². The lowest BCUT2D eigenvalue weighted by atomic mass is 10.1. The summed E-state index contributed by atoms with van der Waals surface area (Å²) in [5.41, 5.74) is 0.312. The van der Waals surface area contributed by atoms with Crippen molar-refractivity contribution in [3.05, 3.63) is 22.7 Å². The lowest BCUT2D eigenvalue weighted by Crippen LogP contribution is -2.49. The molecule has 0 aliphatic carbocycles. The largest absolute Gasteiger partial charge is 0.493 e. The molecule has 1 aromatic rings. The SMILES string of the molecule is COc1cc(C(=O)N(C2CCS(=O)(=O)C2)N(C)C)cc(Cl)c1OCC(C)C. The Labute approximate surface area is 166 Å². The number of hydrogen-bond donors (Lipinski definition) is 0. The standard InChI is InChI=1S/C18H27ClN2O5S/c1-12(2)10-26-17-15(19)8-13(9-16(17)25-5)18(22)21(20(3)4)14-6-7-27(23,24)11-14/h8-9,12,14H,6-7,10-11H2,1-5H3. The molecule has 0 spiro atoms. The molecular weight excluding hydrogens is 392 g/mol. The average molecular weight is 419 g/mol. The second kappa shape index (κ2) is 8.67. The van der Waals surface area contributed by atoms with Gasteiger partial charge in [-0.25, -0.2) is 13.4 Å². The van der Waals surface area contributed by atoms with Crippen molar-refractivity contribution in [3.63, 3.8) is 0 Å². The number of carbonyl (C=O) groups is 1. The first-order chi connectivity index (χ1) is 12.6. The molecule has 1 aliphatic heterocycles. The molecule has 1 atom stereocenters. The van der Waals surface area contributed by atoms with Crippen LogP contribution in [0.3, 0.4) is 0 Å². The van der Waals surface area contributed by atoms with Gasteiger partial charge < -0.3 is 9.47 Å². The fraction of sp³-hybridized carbons (Fsp3) is 0.611. The molecule has 0 aromatic heterocycles. The number of hydrogen-bond acceptors (Lipinski definition) is 6. The number of methoxy groups -OCH3 is 1. The number of nitrogens with zero attached hydrogens (tertiary/aromatic N) is 2. The first-order valence-corrected chi connectivity index (χ1v) is 11.0. The van der Waals surface area contributed by atoms with E-state index in [0.717, 1.165) is 0 Å². The maximum absolute atomic E-state index is 13.1. The van der Waals surface area contributed by atoms with Gasteiger partial charge in [-0.05, 0) is 24.5 Å². The first kappa shape index (κ1) is 21.8. The van der Waals surface area contributed by atoms with Crippen LogP contribution in [0.1, 0.15) is 30.6 Å². The smallest absolute Gasteiger partial charge is 0.268 e. The normalized spacial score (nSPS) is 18.7. The molecule has 27 heavy (non-hydrogen) atoms. The molecule has 2 rings (SSSR count). The first-order valence-electron chi connectivity index (χ1n) is 8.77. The summed E-state index contributed by atoms with van der Waals surface area (Å²) in [6.45, 7) is 4.50. The van der Waals surface area contributed by atoms with Crippen LogP contribution in [0.2, 0.25) is 5.02 Å². The zero-order valence-corrected chi connectivity index (χ0v) is 17.9. The Balaban J connectivity index is 2.34. The van der Waals surface area contributed by atoms with Crippen molar-refractivity contribution < 1.29 is 22.7 Å². The van der Waals surface area contributed by atoms with Crippen molar-refractivity contribution in [2.75, 3.05) is 39.3 Å². The Morgan fingerprint density at radius 3 is 2.48 bits per heavy atom. The highest BCUT2D eigenvalue weighted by Gasteiger charge is 2.36. The van der Waals surface area contributed by atoms with Crippen molar-refractivity contribution >= 4 is 27.3 Å². The summed E-state index contributed by atoms with van der Waals surface area (Å²) >= 11 is 6.34. The fourth-order valence-corrected chi connectivity index (χ4v) is 4.97. The number of ether oxygens (including phenoxy) is 2. The maximum Gasteiger partial charge on any atom is 0.268 e. The van der Waals surface area contributed by atoms with Gasteiger partial charge in [0, 0.05) is 19.7 Å². The summed E-state index contributed by atoms with van der Waals surface area (Å²) in [6.07, 6.45) is 0.409. The van der Waals surface area contributed by atoms with Crippen LogP contribution in [0.15, 0.2) is 12.1 Å². The van der Waals surface area contributed by atoms with E-state index in [1.54, 1.807) is 25.2 Å². The van der Waals surface area contributed by atoms with Gasteiger partial charge in [-0.2, -0.15) is 0 Å². The predicted molar refractivity (Wildman–Crippen MR) is 105 cm³/mol. The van der Waals surface area contributed by atoms with E-state index in [0.29, 0.717) is 36.0 Å². The van der Waals surface area contributed by atoms with E-state index in [2.05, 4.69) is 0 Å².